The molecule has 0 N–H and O–H groups in total. The van der Waals surface area contributed by atoms with Gasteiger partial charge in [-0.25, -0.2) is 0 Å². The van der Waals surface area contributed by atoms with E-state index in [4.69, 9.17) is 9.15 Å². The van der Waals surface area contributed by atoms with Crippen LogP contribution in [-0.4, -0.2) is 21.8 Å². The number of aryl methyl sites for hydroxylation is 2. The third kappa shape index (κ3) is 4.69. The molecule has 0 unspecified atom stereocenters. The van der Waals surface area contributed by atoms with Gasteiger partial charge in [-0.1, -0.05) is 30.7 Å². The Morgan fingerprint density at radius 3 is 2.07 bits per heavy atom. The molecule has 0 amide bonds. The van der Waals surface area contributed by atoms with Crippen molar-refractivity contribution < 1.29 is 9.15 Å². The highest BCUT2D eigenvalue weighted by Gasteiger charge is 2.10. The third-order valence-electron chi connectivity index (χ3n) is 4.75. The minimum Gasteiger partial charge on any atom is -0.493 e. The van der Waals surface area contributed by atoms with Gasteiger partial charge in [0.25, 0.3) is 0 Å². The molecule has 146 valence electrons. The second-order valence-corrected chi connectivity index (χ2v) is 6.91. The van der Waals surface area contributed by atoms with Crippen LogP contribution in [-0.2, 0) is 12.8 Å². The Hall–Kier alpha value is -3.47. The zero-order valence-corrected chi connectivity index (χ0v) is 16.6. The van der Waals surface area contributed by atoms with Gasteiger partial charge in [0.05, 0.1) is 6.61 Å². The largest absolute Gasteiger partial charge is 0.493 e. The van der Waals surface area contributed by atoms with Crippen LogP contribution in [0.1, 0.15) is 23.7 Å². The summed E-state index contributed by atoms with van der Waals surface area (Å²) in [6.07, 6.45) is 3.71. The summed E-state index contributed by atoms with van der Waals surface area (Å²) in [4.78, 5) is 4.46. The molecule has 2 heterocycles. The number of nitrogens with zero attached hydrogens (tertiary/aromatic N) is 3. The van der Waals surface area contributed by atoms with Gasteiger partial charge in [-0.05, 0) is 61.4 Å². The van der Waals surface area contributed by atoms with Crippen LogP contribution in [0.4, 0.5) is 0 Å². The quantitative estimate of drug-likeness (QED) is 0.432. The lowest BCUT2D eigenvalue weighted by Gasteiger charge is -2.06. The zero-order chi connectivity index (χ0) is 20.1. The Labute approximate surface area is 170 Å². The van der Waals surface area contributed by atoms with Gasteiger partial charge in [-0.15, -0.1) is 10.2 Å². The highest BCUT2D eigenvalue weighted by molar-refractivity contribution is 5.58. The number of hydrogen-bond acceptors (Lipinski definition) is 5. The van der Waals surface area contributed by atoms with E-state index >= 15 is 0 Å². The minimum absolute atomic E-state index is 0.493. The van der Waals surface area contributed by atoms with Crippen LogP contribution in [0, 0.1) is 6.92 Å². The predicted octanol–water partition coefficient (Wildman–Crippen LogP) is 5.29. The molecule has 0 atom stereocenters. The molecule has 0 aliphatic heterocycles. The van der Waals surface area contributed by atoms with Crippen molar-refractivity contribution in [2.45, 2.75) is 26.7 Å². The Balaban J connectivity index is 1.36. The predicted molar refractivity (Wildman–Crippen MR) is 113 cm³/mol. The van der Waals surface area contributed by atoms with E-state index < -0.39 is 0 Å². The highest BCUT2D eigenvalue weighted by Crippen LogP contribution is 2.25. The first-order valence-corrected chi connectivity index (χ1v) is 9.79. The molecule has 0 fully saturated rings. The summed E-state index contributed by atoms with van der Waals surface area (Å²) in [6.45, 7) is 4.75. The fourth-order valence-electron chi connectivity index (χ4n) is 2.93. The molecule has 0 bridgehead atoms. The van der Waals surface area contributed by atoms with E-state index in [0.717, 1.165) is 35.4 Å². The van der Waals surface area contributed by atoms with E-state index in [1.807, 2.05) is 61.7 Å². The third-order valence-corrected chi connectivity index (χ3v) is 4.75. The smallest absolute Gasteiger partial charge is 0.248 e. The Morgan fingerprint density at radius 1 is 0.828 bits per heavy atom. The zero-order valence-electron chi connectivity index (χ0n) is 16.6. The van der Waals surface area contributed by atoms with Crippen LogP contribution in [0.15, 0.2) is 71.3 Å². The molecular formula is C24H23N3O2. The average molecular weight is 385 g/mol. The highest BCUT2D eigenvalue weighted by atomic mass is 16.5. The molecule has 0 aliphatic carbocycles. The molecule has 4 rings (SSSR count). The maximum absolute atomic E-state index is 5.84. The van der Waals surface area contributed by atoms with Gasteiger partial charge in [-0.2, -0.15) is 0 Å². The molecule has 2 aromatic carbocycles. The Bertz CT molecular complexity index is 1050. The molecule has 0 saturated heterocycles. The number of aromatic nitrogens is 3. The Morgan fingerprint density at radius 2 is 1.48 bits per heavy atom. The van der Waals surface area contributed by atoms with Gasteiger partial charge in [-0.3, -0.25) is 4.98 Å². The Kier molecular flexibility index (Phi) is 5.66. The molecular weight excluding hydrogens is 362 g/mol. The van der Waals surface area contributed by atoms with Crippen LogP contribution in [0.5, 0.6) is 5.75 Å². The molecule has 0 radical (unpaired) electrons. The van der Waals surface area contributed by atoms with Gasteiger partial charge in [0, 0.05) is 29.4 Å². The van der Waals surface area contributed by atoms with E-state index in [1.165, 1.54) is 11.1 Å². The summed E-state index contributed by atoms with van der Waals surface area (Å²) in [5.41, 5.74) is 5.25. The monoisotopic (exact) mass is 385 g/mol. The fraction of sp³-hybridized carbons (Fsp3) is 0.208. The summed E-state index contributed by atoms with van der Waals surface area (Å²) in [6, 6.07) is 19.9. The van der Waals surface area contributed by atoms with Crippen molar-refractivity contribution >= 4 is 0 Å². The molecule has 5 nitrogen and oxygen atoms in total. The average Bonchev–Trinajstić information content (AvgIpc) is 3.25. The van der Waals surface area contributed by atoms with E-state index in [0.29, 0.717) is 18.4 Å². The van der Waals surface area contributed by atoms with Crippen molar-refractivity contribution in [1.29, 1.82) is 0 Å². The number of pyridine rings is 1. The van der Waals surface area contributed by atoms with Gasteiger partial charge in [0.2, 0.25) is 11.8 Å². The maximum Gasteiger partial charge on any atom is 0.248 e. The van der Waals surface area contributed by atoms with E-state index in [9.17, 15) is 0 Å². The lowest BCUT2D eigenvalue weighted by atomic mass is 10.1. The summed E-state index contributed by atoms with van der Waals surface area (Å²) in [5, 5.41) is 8.32. The van der Waals surface area contributed by atoms with Crippen LogP contribution in [0.25, 0.3) is 22.9 Å². The van der Waals surface area contributed by atoms with Crippen molar-refractivity contribution in [3.8, 4) is 28.7 Å². The first-order valence-electron chi connectivity index (χ1n) is 9.79. The summed E-state index contributed by atoms with van der Waals surface area (Å²) < 4.78 is 11.7. The van der Waals surface area contributed by atoms with Crippen molar-refractivity contribution in [3.63, 3.8) is 0 Å². The van der Waals surface area contributed by atoms with Gasteiger partial charge in [0.15, 0.2) is 0 Å². The van der Waals surface area contributed by atoms with Crippen LogP contribution in [0.2, 0.25) is 0 Å². The van der Waals surface area contributed by atoms with E-state index in [1.54, 1.807) is 0 Å². The van der Waals surface area contributed by atoms with Crippen molar-refractivity contribution in [3.05, 3.63) is 83.7 Å². The van der Waals surface area contributed by atoms with Gasteiger partial charge < -0.3 is 9.15 Å². The summed E-state index contributed by atoms with van der Waals surface area (Å²) in [5.74, 6) is 1.81. The number of hydrogen-bond donors (Lipinski definition) is 0. The molecule has 5 heteroatoms. The van der Waals surface area contributed by atoms with E-state index in [-0.39, 0.29) is 0 Å². The van der Waals surface area contributed by atoms with Crippen LogP contribution >= 0.6 is 0 Å². The first-order chi connectivity index (χ1) is 14.2. The lowest BCUT2D eigenvalue weighted by Crippen LogP contribution is -2.03. The van der Waals surface area contributed by atoms with Crippen LogP contribution < -0.4 is 4.74 Å². The number of ether oxygens (including phenoxy) is 1. The molecule has 0 aliphatic rings. The van der Waals surface area contributed by atoms with Crippen molar-refractivity contribution in [2.75, 3.05) is 6.61 Å². The topological polar surface area (TPSA) is 61.0 Å². The second-order valence-electron chi connectivity index (χ2n) is 6.91. The first kappa shape index (κ1) is 18.9. The molecule has 0 saturated carbocycles. The van der Waals surface area contributed by atoms with Crippen LogP contribution in [0.3, 0.4) is 0 Å². The van der Waals surface area contributed by atoms with Gasteiger partial charge >= 0.3 is 0 Å². The molecule has 0 spiro atoms. The number of benzene rings is 2. The maximum atomic E-state index is 5.84. The normalized spacial score (nSPS) is 10.8. The second kappa shape index (κ2) is 8.69. The lowest BCUT2D eigenvalue weighted by molar-refractivity contribution is 0.320. The SMILES string of the molecule is CCc1ccc(CCOc2ccc(-c3nnc(-c4ccc(C)cc4)o3)cc2)nc1. The van der Waals surface area contributed by atoms with Crippen molar-refractivity contribution in [1.82, 2.24) is 15.2 Å². The van der Waals surface area contributed by atoms with E-state index in [2.05, 4.69) is 34.2 Å². The summed E-state index contributed by atoms with van der Waals surface area (Å²) >= 11 is 0. The molecule has 2 aromatic heterocycles. The van der Waals surface area contributed by atoms with Gasteiger partial charge in [0.1, 0.15) is 5.75 Å². The minimum atomic E-state index is 0.493. The standard InChI is InChI=1S/C24H23N3O2/c1-3-18-6-11-21(25-16-18)14-15-28-22-12-9-20(10-13-22)24-27-26-23(29-24)19-7-4-17(2)5-8-19/h4-13,16H,3,14-15H2,1-2H3. The molecule has 4 aromatic rings. The molecule has 29 heavy (non-hydrogen) atoms. The summed E-state index contributed by atoms with van der Waals surface area (Å²) in [7, 11) is 0. The fourth-order valence-corrected chi connectivity index (χ4v) is 2.93. The van der Waals surface area contributed by atoms with Crippen molar-refractivity contribution in [2.24, 2.45) is 0 Å². The number of rotatable bonds is 7.